The molecule has 1 aromatic heterocycles. The van der Waals surface area contributed by atoms with E-state index in [1.165, 1.54) is 16.9 Å². The zero-order chi connectivity index (χ0) is 22.1. The molecule has 1 N–H and O–H groups in total. The molecule has 1 heterocycles. The third-order valence-corrected chi connectivity index (χ3v) is 5.65. The third-order valence-electron chi connectivity index (χ3n) is 4.60. The fourth-order valence-electron chi connectivity index (χ4n) is 3.09. The number of nitrogens with one attached hydrogen (secondary N) is 1. The summed E-state index contributed by atoms with van der Waals surface area (Å²) in [5.74, 6) is 0.00393. The third kappa shape index (κ3) is 4.77. The molecule has 0 aliphatic carbocycles. The Morgan fingerprint density at radius 2 is 1.71 bits per heavy atom. The van der Waals surface area contributed by atoms with Gasteiger partial charge in [-0.05, 0) is 89.4 Å². The zero-order valence-corrected chi connectivity index (χ0v) is 19.8. The van der Waals surface area contributed by atoms with Crippen LogP contribution < -0.4 is 10.1 Å². The van der Waals surface area contributed by atoms with Gasteiger partial charge in [-0.1, -0.05) is 15.9 Å². The first-order valence-corrected chi connectivity index (χ1v) is 10.9. The van der Waals surface area contributed by atoms with Gasteiger partial charge in [-0.15, -0.1) is 10.2 Å². The number of amides is 1. The number of carbonyl (C=O) groups is 1. The molecule has 9 heteroatoms. The van der Waals surface area contributed by atoms with E-state index in [0.29, 0.717) is 28.2 Å². The molecule has 0 saturated heterocycles. The number of rotatable bonds is 5. The number of aryl methyl sites for hydroxylation is 2. The number of benzene rings is 3. The molecule has 0 radical (unpaired) electrons. The maximum atomic E-state index is 13.2. The summed E-state index contributed by atoms with van der Waals surface area (Å²) in [6.07, 6.45) is 0. The number of fused-ring (bicyclic) bond motifs is 1. The lowest BCUT2D eigenvalue weighted by Crippen LogP contribution is -2.21. The van der Waals surface area contributed by atoms with Gasteiger partial charge in [0.2, 0.25) is 0 Å². The van der Waals surface area contributed by atoms with Crippen molar-refractivity contribution in [3.8, 4) is 11.4 Å². The molecular formula is C22H17Br2FN4O2. The van der Waals surface area contributed by atoms with Gasteiger partial charge in [0.25, 0.3) is 5.91 Å². The van der Waals surface area contributed by atoms with Crippen LogP contribution in [-0.2, 0) is 4.79 Å². The van der Waals surface area contributed by atoms with Gasteiger partial charge >= 0.3 is 0 Å². The van der Waals surface area contributed by atoms with Gasteiger partial charge in [-0.25, -0.2) is 4.39 Å². The average Bonchev–Trinajstić information content (AvgIpc) is 3.10. The number of hydrogen-bond acceptors (Lipinski definition) is 4. The zero-order valence-electron chi connectivity index (χ0n) is 16.6. The molecule has 158 valence electrons. The summed E-state index contributed by atoms with van der Waals surface area (Å²) < 4.78 is 20.6. The highest BCUT2D eigenvalue weighted by atomic mass is 79.9. The lowest BCUT2D eigenvalue weighted by atomic mass is 10.1. The minimum Gasteiger partial charge on any atom is -0.482 e. The van der Waals surface area contributed by atoms with Gasteiger partial charge < -0.3 is 10.1 Å². The van der Waals surface area contributed by atoms with E-state index in [-0.39, 0.29) is 18.3 Å². The van der Waals surface area contributed by atoms with Gasteiger partial charge in [-0.2, -0.15) is 4.80 Å². The summed E-state index contributed by atoms with van der Waals surface area (Å²) in [5.41, 5.74) is 4.30. The second kappa shape index (κ2) is 8.76. The van der Waals surface area contributed by atoms with Gasteiger partial charge in [0, 0.05) is 10.2 Å². The molecule has 0 aliphatic heterocycles. The van der Waals surface area contributed by atoms with Crippen LogP contribution >= 0.6 is 31.9 Å². The Kier molecular flexibility index (Phi) is 6.06. The van der Waals surface area contributed by atoms with Crippen LogP contribution in [0.15, 0.2) is 57.5 Å². The normalized spacial score (nSPS) is 11.0. The molecule has 0 unspecified atom stereocenters. The standard InChI is InChI=1S/C22H17Br2FN4O2/c1-12-8-19-20(28-29(27-19)16-5-3-15(25)4-6-16)10-18(12)26-21(30)11-31-22-13(2)7-14(23)9-17(22)24/h3-10H,11H2,1-2H3,(H,26,30). The highest BCUT2D eigenvalue weighted by molar-refractivity contribution is 9.11. The maximum absolute atomic E-state index is 13.2. The Morgan fingerprint density at radius 1 is 1.03 bits per heavy atom. The molecule has 4 rings (SSSR count). The van der Waals surface area contributed by atoms with E-state index in [2.05, 4.69) is 47.4 Å². The Morgan fingerprint density at radius 3 is 2.39 bits per heavy atom. The SMILES string of the molecule is Cc1cc2nn(-c3ccc(F)cc3)nc2cc1NC(=O)COc1c(C)cc(Br)cc1Br. The number of ether oxygens (including phenoxy) is 1. The Labute approximate surface area is 194 Å². The van der Waals surface area contributed by atoms with E-state index < -0.39 is 0 Å². The summed E-state index contributed by atoms with van der Waals surface area (Å²) in [5, 5.41) is 11.7. The quantitative estimate of drug-likeness (QED) is 0.347. The Balaban J connectivity index is 1.51. The molecule has 0 spiro atoms. The van der Waals surface area contributed by atoms with Crippen molar-refractivity contribution in [1.82, 2.24) is 15.0 Å². The molecule has 0 aliphatic rings. The van der Waals surface area contributed by atoms with Crippen LogP contribution in [0.2, 0.25) is 0 Å². The smallest absolute Gasteiger partial charge is 0.262 e. The van der Waals surface area contributed by atoms with Crippen LogP contribution in [0.5, 0.6) is 5.75 Å². The molecule has 31 heavy (non-hydrogen) atoms. The molecule has 3 aromatic carbocycles. The van der Waals surface area contributed by atoms with Crippen molar-refractivity contribution in [2.75, 3.05) is 11.9 Å². The van der Waals surface area contributed by atoms with E-state index in [1.807, 2.05) is 32.0 Å². The minimum absolute atomic E-state index is 0.138. The van der Waals surface area contributed by atoms with E-state index in [1.54, 1.807) is 18.2 Å². The second-order valence-corrected chi connectivity index (χ2v) is 8.76. The van der Waals surface area contributed by atoms with Gasteiger partial charge in [0.15, 0.2) is 6.61 Å². The first-order valence-electron chi connectivity index (χ1n) is 9.32. The predicted molar refractivity (Wildman–Crippen MR) is 124 cm³/mol. The van der Waals surface area contributed by atoms with E-state index in [4.69, 9.17) is 4.74 Å². The average molecular weight is 548 g/mol. The number of nitrogens with zero attached hydrogens (tertiary/aromatic N) is 3. The van der Waals surface area contributed by atoms with Crippen molar-refractivity contribution >= 4 is 54.5 Å². The van der Waals surface area contributed by atoms with Gasteiger partial charge in [0.1, 0.15) is 22.6 Å². The van der Waals surface area contributed by atoms with Crippen LogP contribution in [0.4, 0.5) is 10.1 Å². The molecule has 4 aromatic rings. The summed E-state index contributed by atoms with van der Waals surface area (Å²) in [7, 11) is 0. The number of halogens is 3. The van der Waals surface area contributed by atoms with Crippen LogP contribution in [0.25, 0.3) is 16.7 Å². The minimum atomic E-state index is -0.325. The molecule has 0 bridgehead atoms. The van der Waals surface area contributed by atoms with E-state index >= 15 is 0 Å². The predicted octanol–water partition coefficient (Wildman–Crippen LogP) is 5.72. The molecule has 1 amide bonds. The van der Waals surface area contributed by atoms with E-state index in [0.717, 1.165) is 20.1 Å². The van der Waals surface area contributed by atoms with Crippen molar-refractivity contribution in [1.29, 1.82) is 0 Å². The maximum Gasteiger partial charge on any atom is 0.262 e. The van der Waals surface area contributed by atoms with Crippen molar-refractivity contribution in [2.45, 2.75) is 13.8 Å². The molecule has 0 atom stereocenters. The second-order valence-electron chi connectivity index (χ2n) is 6.99. The Hall–Kier alpha value is -2.78. The fraction of sp³-hybridized carbons (Fsp3) is 0.136. The summed E-state index contributed by atoms with van der Waals surface area (Å²) >= 11 is 6.88. The van der Waals surface area contributed by atoms with Crippen LogP contribution in [0, 0.1) is 19.7 Å². The number of carbonyl (C=O) groups excluding carboxylic acids is 1. The largest absolute Gasteiger partial charge is 0.482 e. The van der Waals surface area contributed by atoms with Crippen LogP contribution in [0.3, 0.4) is 0 Å². The summed E-state index contributed by atoms with van der Waals surface area (Å²) in [6, 6.07) is 13.3. The number of anilines is 1. The topological polar surface area (TPSA) is 69.0 Å². The fourth-order valence-corrected chi connectivity index (χ4v) is 4.64. The highest BCUT2D eigenvalue weighted by Crippen LogP contribution is 2.32. The summed E-state index contributed by atoms with van der Waals surface area (Å²) in [6.45, 7) is 3.65. The van der Waals surface area contributed by atoms with Crippen molar-refractivity contribution < 1.29 is 13.9 Å². The van der Waals surface area contributed by atoms with Crippen molar-refractivity contribution in [3.05, 3.63) is 74.4 Å². The number of aromatic nitrogens is 3. The molecule has 6 nitrogen and oxygen atoms in total. The number of hydrogen-bond donors (Lipinski definition) is 1. The summed E-state index contributed by atoms with van der Waals surface area (Å²) in [4.78, 5) is 13.9. The highest BCUT2D eigenvalue weighted by Gasteiger charge is 2.13. The van der Waals surface area contributed by atoms with Crippen molar-refractivity contribution in [2.24, 2.45) is 0 Å². The van der Waals surface area contributed by atoms with Gasteiger partial charge in [-0.3, -0.25) is 4.79 Å². The monoisotopic (exact) mass is 546 g/mol. The van der Waals surface area contributed by atoms with E-state index in [9.17, 15) is 9.18 Å². The lowest BCUT2D eigenvalue weighted by Gasteiger charge is -2.12. The molecule has 0 fully saturated rings. The lowest BCUT2D eigenvalue weighted by molar-refractivity contribution is -0.118. The van der Waals surface area contributed by atoms with Crippen LogP contribution in [-0.4, -0.2) is 27.5 Å². The van der Waals surface area contributed by atoms with Gasteiger partial charge in [0.05, 0.1) is 10.2 Å². The first-order chi connectivity index (χ1) is 14.8. The first kappa shape index (κ1) is 21.5. The molecular weight excluding hydrogens is 531 g/mol. The van der Waals surface area contributed by atoms with Crippen LogP contribution in [0.1, 0.15) is 11.1 Å². The molecule has 0 saturated carbocycles. The Bertz CT molecular complexity index is 1270. The van der Waals surface area contributed by atoms with Crippen molar-refractivity contribution in [3.63, 3.8) is 0 Å².